The normalized spacial score (nSPS) is 16.8. The lowest BCUT2D eigenvalue weighted by Crippen LogP contribution is -2.21. The van der Waals surface area contributed by atoms with Crippen molar-refractivity contribution in [2.75, 3.05) is 19.8 Å². The fraction of sp³-hybridized carbons (Fsp3) is 0.647. The maximum Gasteiger partial charge on any atom is 0.0717 e. The van der Waals surface area contributed by atoms with Crippen LogP contribution in [-0.4, -0.2) is 25.9 Å². The summed E-state index contributed by atoms with van der Waals surface area (Å²) >= 11 is 0. The molecule has 0 spiro atoms. The smallest absolute Gasteiger partial charge is 0.0717 e. The molecule has 0 aliphatic carbocycles. The van der Waals surface area contributed by atoms with Crippen molar-refractivity contribution >= 4 is 0 Å². The van der Waals surface area contributed by atoms with E-state index < -0.39 is 0 Å². The van der Waals surface area contributed by atoms with Crippen molar-refractivity contribution in [2.45, 2.75) is 45.9 Å². The Labute approximate surface area is 122 Å². The molecule has 3 heteroatoms. The third-order valence-electron chi connectivity index (χ3n) is 3.70. The first-order chi connectivity index (χ1) is 9.74. The Balaban J connectivity index is 1.67. The van der Waals surface area contributed by atoms with E-state index in [1.807, 2.05) is 0 Å². The highest BCUT2D eigenvalue weighted by molar-refractivity contribution is 5.21. The average Bonchev–Trinajstić information content (AvgIpc) is 2.47. The van der Waals surface area contributed by atoms with Gasteiger partial charge in [-0.2, -0.15) is 0 Å². The van der Waals surface area contributed by atoms with Gasteiger partial charge in [-0.15, -0.1) is 0 Å². The lowest BCUT2D eigenvalue weighted by atomic mass is 10.0. The number of hydrogen-bond acceptors (Lipinski definition) is 3. The maximum absolute atomic E-state index is 5.83. The first kappa shape index (κ1) is 15.5. The van der Waals surface area contributed by atoms with E-state index in [1.54, 1.807) is 0 Å². The quantitative estimate of drug-likeness (QED) is 0.830. The van der Waals surface area contributed by atoms with E-state index in [1.165, 1.54) is 11.1 Å². The van der Waals surface area contributed by atoms with Crippen LogP contribution in [0.15, 0.2) is 24.3 Å². The van der Waals surface area contributed by atoms with Gasteiger partial charge in [0, 0.05) is 25.8 Å². The van der Waals surface area contributed by atoms with Crippen LogP contribution >= 0.6 is 0 Å². The minimum absolute atomic E-state index is 0.525. The molecule has 0 atom stereocenters. The van der Waals surface area contributed by atoms with Gasteiger partial charge in [-0.25, -0.2) is 0 Å². The van der Waals surface area contributed by atoms with E-state index in [4.69, 9.17) is 9.47 Å². The second kappa shape index (κ2) is 8.40. The third kappa shape index (κ3) is 5.61. The molecule has 0 unspecified atom stereocenters. The summed E-state index contributed by atoms with van der Waals surface area (Å²) in [6.45, 7) is 8.63. The standard InChI is InChI=1S/C17H27NO2/c1-14(2)18-11-15-3-5-16(6-4-15)12-20-13-17-7-9-19-10-8-17/h3-6,14,17-18H,7-13H2,1-2H3. The number of ether oxygens (including phenoxy) is 2. The summed E-state index contributed by atoms with van der Waals surface area (Å²) in [6, 6.07) is 9.23. The zero-order chi connectivity index (χ0) is 14.2. The van der Waals surface area contributed by atoms with E-state index in [2.05, 4.69) is 43.4 Å². The van der Waals surface area contributed by atoms with Crippen LogP contribution in [0.4, 0.5) is 0 Å². The zero-order valence-corrected chi connectivity index (χ0v) is 12.7. The summed E-state index contributed by atoms with van der Waals surface area (Å²) in [4.78, 5) is 0. The number of hydrogen-bond donors (Lipinski definition) is 1. The van der Waals surface area contributed by atoms with Gasteiger partial charge in [0.15, 0.2) is 0 Å². The van der Waals surface area contributed by atoms with Gasteiger partial charge in [0.2, 0.25) is 0 Å². The van der Waals surface area contributed by atoms with Gasteiger partial charge in [-0.05, 0) is 29.9 Å². The molecule has 1 saturated heterocycles. The van der Waals surface area contributed by atoms with E-state index in [0.717, 1.165) is 45.8 Å². The van der Waals surface area contributed by atoms with Crippen LogP contribution in [0.5, 0.6) is 0 Å². The molecule has 1 aliphatic rings. The molecule has 2 rings (SSSR count). The molecule has 20 heavy (non-hydrogen) atoms. The van der Waals surface area contributed by atoms with Crippen LogP contribution < -0.4 is 5.32 Å². The predicted molar refractivity (Wildman–Crippen MR) is 81.6 cm³/mol. The molecule has 112 valence electrons. The monoisotopic (exact) mass is 277 g/mol. The molecular formula is C17H27NO2. The molecule has 0 bridgehead atoms. The first-order valence-electron chi connectivity index (χ1n) is 7.70. The fourth-order valence-corrected chi connectivity index (χ4v) is 2.33. The second-order valence-corrected chi connectivity index (χ2v) is 5.92. The van der Waals surface area contributed by atoms with Crippen molar-refractivity contribution in [2.24, 2.45) is 5.92 Å². The second-order valence-electron chi connectivity index (χ2n) is 5.92. The van der Waals surface area contributed by atoms with Crippen molar-refractivity contribution in [3.63, 3.8) is 0 Å². The highest BCUT2D eigenvalue weighted by atomic mass is 16.5. The van der Waals surface area contributed by atoms with Crippen LogP contribution in [-0.2, 0) is 22.6 Å². The highest BCUT2D eigenvalue weighted by Crippen LogP contribution is 2.15. The van der Waals surface area contributed by atoms with Gasteiger partial charge in [0.05, 0.1) is 13.2 Å². The molecule has 3 nitrogen and oxygen atoms in total. The van der Waals surface area contributed by atoms with Crippen LogP contribution in [0.1, 0.15) is 37.8 Å². The van der Waals surface area contributed by atoms with E-state index in [-0.39, 0.29) is 0 Å². The summed E-state index contributed by atoms with van der Waals surface area (Å²) in [5.41, 5.74) is 2.58. The van der Waals surface area contributed by atoms with E-state index >= 15 is 0 Å². The van der Waals surface area contributed by atoms with Crippen molar-refractivity contribution in [3.8, 4) is 0 Å². The Morgan fingerprint density at radius 1 is 1.15 bits per heavy atom. The van der Waals surface area contributed by atoms with Crippen LogP contribution in [0, 0.1) is 5.92 Å². The number of nitrogens with one attached hydrogen (secondary N) is 1. The summed E-state index contributed by atoms with van der Waals surface area (Å²) < 4.78 is 11.2. The van der Waals surface area contributed by atoms with Gasteiger partial charge in [-0.3, -0.25) is 0 Å². The zero-order valence-electron chi connectivity index (χ0n) is 12.7. The maximum atomic E-state index is 5.83. The van der Waals surface area contributed by atoms with Gasteiger partial charge in [0.25, 0.3) is 0 Å². The molecule has 0 saturated carbocycles. The van der Waals surface area contributed by atoms with Crippen molar-refractivity contribution in [1.29, 1.82) is 0 Å². The Bertz CT molecular complexity index is 369. The molecule has 0 aromatic heterocycles. The van der Waals surface area contributed by atoms with Crippen LogP contribution in [0.25, 0.3) is 0 Å². The summed E-state index contributed by atoms with van der Waals surface area (Å²) in [7, 11) is 0. The predicted octanol–water partition coefficient (Wildman–Crippen LogP) is 3.13. The van der Waals surface area contributed by atoms with Crippen molar-refractivity contribution in [3.05, 3.63) is 35.4 Å². The molecule has 1 fully saturated rings. The molecule has 1 aromatic rings. The minimum atomic E-state index is 0.525. The van der Waals surface area contributed by atoms with Crippen LogP contribution in [0.3, 0.4) is 0 Å². The third-order valence-corrected chi connectivity index (χ3v) is 3.70. The summed E-state index contributed by atoms with van der Waals surface area (Å²) in [6.07, 6.45) is 2.28. The van der Waals surface area contributed by atoms with Crippen molar-refractivity contribution in [1.82, 2.24) is 5.32 Å². The average molecular weight is 277 g/mol. The highest BCUT2D eigenvalue weighted by Gasteiger charge is 2.13. The Hall–Kier alpha value is -0.900. The molecular weight excluding hydrogens is 250 g/mol. The first-order valence-corrected chi connectivity index (χ1v) is 7.70. The van der Waals surface area contributed by atoms with Gasteiger partial charge < -0.3 is 14.8 Å². The van der Waals surface area contributed by atoms with E-state index in [0.29, 0.717) is 12.0 Å². The Kier molecular flexibility index (Phi) is 6.51. The lowest BCUT2D eigenvalue weighted by molar-refractivity contribution is 0.0157. The molecule has 0 radical (unpaired) electrons. The largest absolute Gasteiger partial charge is 0.381 e. The van der Waals surface area contributed by atoms with E-state index in [9.17, 15) is 0 Å². The van der Waals surface area contributed by atoms with Gasteiger partial charge >= 0.3 is 0 Å². The molecule has 1 heterocycles. The Morgan fingerprint density at radius 3 is 2.45 bits per heavy atom. The van der Waals surface area contributed by atoms with Crippen LogP contribution in [0.2, 0.25) is 0 Å². The Morgan fingerprint density at radius 2 is 1.80 bits per heavy atom. The topological polar surface area (TPSA) is 30.5 Å². The molecule has 1 N–H and O–H groups in total. The minimum Gasteiger partial charge on any atom is -0.381 e. The fourth-order valence-electron chi connectivity index (χ4n) is 2.33. The summed E-state index contributed by atoms with van der Waals surface area (Å²) in [5.74, 6) is 0.679. The molecule has 0 amide bonds. The summed E-state index contributed by atoms with van der Waals surface area (Å²) in [5, 5.41) is 3.42. The lowest BCUT2D eigenvalue weighted by Gasteiger charge is -2.21. The van der Waals surface area contributed by atoms with Gasteiger partial charge in [0.1, 0.15) is 0 Å². The SMILES string of the molecule is CC(C)NCc1ccc(COCC2CCOCC2)cc1. The van der Waals surface area contributed by atoms with Gasteiger partial charge in [-0.1, -0.05) is 38.1 Å². The molecule has 1 aliphatic heterocycles. The number of benzene rings is 1. The van der Waals surface area contributed by atoms with Crippen molar-refractivity contribution < 1.29 is 9.47 Å². The molecule has 1 aromatic carbocycles. The number of rotatable bonds is 7.